The molecule has 1 aliphatic rings. The fourth-order valence-corrected chi connectivity index (χ4v) is 1.98. The lowest BCUT2D eigenvalue weighted by Crippen LogP contribution is -2.16. The van der Waals surface area contributed by atoms with Crippen LogP contribution in [-0.2, 0) is 0 Å². The van der Waals surface area contributed by atoms with Crippen LogP contribution in [0.4, 0.5) is 0 Å². The molecule has 20 heavy (non-hydrogen) atoms. The van der Waals surface area contributed by atoms with Crippen LogP contribution < -0.4 is 0 Å². The van der Waals surface area contributed by atoms with Crippen LogP contribution in [-0.4, -0.2) is 22.4 Å². The van der Waals surface area contributed by atoms with Gasteiger partial charge in [-0.3, -0.25) is 0 Å². The first-order chi connectivity index (χ1) is 9.41. The van der Waals surface area contributed by atoms with Crippen LogP contribution in [0.1, 0.15) is 93.9 Å². The summed E-state index contributed by atoms with van der Waals surface area (Å²) in [6.07, 6.45) is 6.58. The molecule has 0 aliphatic heterocycles. The van der Waals surface area contributed by atoms with Gasteiger partial charge in [0.15, 0.2) is 0 Å². The highest BCUT2D eigenvalue weighted by Gasteiger charge is 2.15. The van der Waals surface area contributed by atoms with Gasteiger partial charge in [0.05, 0.1) is 12.2 Å². The minimum absolute atomic E-state index is 0.0127. The zero-order valence-electron chi connectivity index (χ0n) is 15.4. The maximum atomic E-state index is 9.08. The van der Waals surface area contributed by atoms with Crippen molar-refractivity contribution in [3.63, 3.8) is 0 Å². The standard InChI is InChI=1S/C7H14O.C7H16O.2C2H6/c1-6-3-2-4-7(8)5-6;1-6(2)4-5-7(3)8;2*1-2/h6-8H,2-5H2,1H3;6-8H,4-5H2,1-3H3;2*1-2H3. The number of hydrogen-bond acceptors (Lipinski definition) is 2. The molecule has 0 aromatic carbocycles. The average molecular weight is 291 g/mol. The fraction of sp³-hybridized carbons (Fsp3) is 1.00. The first-order valence-corrected chi connectivity index (χ1v) is 8.78. The minimum atomic E-state index is -0.114. The van der Waals surface area contributed by atoms with E-state index >= 15 is 0 Å². The smallest absolute Gasteiger partial charge is 0.0542 e. The predicted octanol–water partition coefficient (Wildman–Crippen LogP) is 5.41. The number of aliphatic hydroxyl groups is 2. The van der Waals surface area contributed by atoms with Gasteiger partial charge in [-0.1, -0.05) is 61.3 Å². The summed E-state index contributed by atoms with van der Waals surface area (Å²) in [6, 6.07) is 0. The molecule has 0 spiro atoms. The summed E-state index contributed by atoms with van der Waals surface area (Å²) in [7, 11) is 0. The molecule has 1 aliphatic carbocycles. The summed E-state index contributed by atoms with van der Waals surface area (Å²) in [5, 5.41) is 17.9. The molecule has 0 saturated heterocycles. The molecule has 0 amide bonds. The molecule has 2 nitrogen and oxygen atoms in total. The van der Waals surface area contributed by atoms with Gasteiger partial charge in [-0.05, 0) is 44.4 Å². The Morgan fingerprint density at radius 3 is 1.65 bits per heavy atom. The summed E-state index contributed by atoms with van der Waals surface area (Å²) < 4.78 is 0. The summed E-state index contributed by atoms with van der Waals surface area (Å²) in [5.74, 6) is 1.49. The van der Waals surface area contributed by atoms with Gasteiger partial charge in [-0.2, -0.15) is 0 Å². The summed E-state index contributed by atoms with van der Waals surface area (Å²) >= 11 is 0. The minimum Gasteiger partial charge on any atom is -0.393 e. The van der Waals surface area contributed by atoms with Crippen molar-refractivity contribution in [3.05, 3.63) is 0 Å². The van der Waals surface area contributed by atoms with Crippen LogP contribution in [0.25, 0.3) is 0 Å². The third-order valence-electron chi connectivity index (χ3n) is 3.07. The Morgan fingerprint density at radius 1 is 0.950 bits per heavy atom. The molecule has 1 fully saturated rings. The molecule has 0 bridgehead atoms. The largest absolute Gasteiger partial charge is 0.393 e. The van der Waals surface area contributed by atoms with Crippen molar-refractivity contribution in [2.75, 3.05) is 0 Å². The van der Waals surface area contributed by atoms with Crippen molar-refractivity contribution >= 4 is 0 Å². The lowest BCUT2D eigenvalue weighted by atomic mass is 9.89. The van der Waals surface area contributed by atoms with Crippen LogP contribution >= 0.6 is 0 Å². The van der Waals surface area contributed by atoms with Crippen LogP contribution in [0.2, 0.25) is 0 Å². The van der Waals surface area contributed by atoms with Gasteiger partial charge in [-0.15, -0.1) is 0 Å². The Morgan fingerprint density at radius 2 is 1.45 bits per heavy atom. The molecule has 2 heteroatoms. The molecule has 3 unspecified atom stereocenters. The van der Waals surface area contributed by atoms with Crippen molar-refractivity contribution in [3.8, 4) is 0 Å². The first-order valence-electron chi connectivity index (χ1n) is 8.78. The highest BCUT2D eigenvalue weighted by Crippen LogP contribution is 2.22. The number of hydrogen-bond donors (Lipinski definition) is 2. The van der Waals surface area contributed by atoms with Gasteiger partial charge < -0.3 is 10.2 Å². The highest BCUT2D eigenvalue weighted by atomic mass is 16.3. The quantitative estimate of drug-likeness (QED) is 0.729. The first kappa shape index (κ1) is 24.9. The third-order valence-corrected chi connectivity index (χ3v) is 3.07. The lowest BCUT2D eigenvalue weighted by Gasteiger charge is -2.21. The molecule has 1 saturated carbocycles. The average Bonchev–Trinajstić information content (AvgIpc) is 2.41. The van der Waals surface area contributed by atoms with Gasteiger partial charge in [0.25, 0.3) is 0 Å². The lowest BCUT2D eigenvalue weighted by molar-refractivity contribution is 0.106. The van der Waals surface area contributed by atoms with Crippen LogP contribution in [0.3, 0.4) is 0 Å². The third kappa shape index (κ3) is 23.0. The van der Waals surface area contributed by atoms with Crippen LogP contribution in [0.15, 0.2) is 0 Å². The molecule has 2 N–H and O–H groups in total. The number of aliphatic hydroxyl groups excluding tert-OH is 2. The van der Waals surface area contributed by atoms with E-state index in [-0.39, 0.29) is 12.2 Å². The SMILES string of the molecule is CC.CC.CC(C)CCC(C)O.CC1CCCC(O)C1. The van der Waals surface area contributed by atoms with Gasteiger partial charge in [-0.25, -0.2) is 0 Å². The van der Waals surface area contributed by atoms with E-state index in [9.17, 15) is 0 Å². The van der Waals surface area contributed by atoms with Gasteiger partial charge in [0, 0.05) is 0 Å². The van der Waals surface area contributed by atoms with Crippen LogP contribution in [0, 0.1) is 11.8 Å². The molecule has 0 heterocycles. The van der Waals surface area contributed by atoms with Crippen molar-refractivity contribution < 1.29 is 10.2 Å². The van der Waals surface area contributed by atoms with E-state index in [1.54, 1.807) is 0 Å². The second-order valence-corrected chi connectivity index (χ2v) is 5.75. The maximum absolute atomic E-state index is 9.08. The van der Waals surface area contributed by atoms with Crippen molar-refractivity contribution in [2.24, 2.45) is 11.8 Å². The van der Waals surface area contributed by atoms with Gasteiger partial charge >= 0.3 is 0 Å². The molecule has 0 aromatic rings. The highest BCUT2D eigenvalue weighted by molar-refractivity contribution is 4.67. The van der Waals surface area contributed by atoms with E-state index in [0.29, 0.717) is 0 Å². The normalized spacial score (nSPS) is 22.4. The molecular weight excluding hydrogens is 248 g/mol. The second-order valence-electron chi connectivity index (χ2n) is 5.75. The van der Waals surface area contributed by atoms with E-state index in [1.165, 1.54) is 12.8 Å². The maximum Gasteiger partial charge on any atom is 0.0542 e. The van der Waals surface area contributed by atoms with E-state index in [0.717, 1.165) is 37.5 Å². The summed E-state index contributed by atoms with van der Waals surface area (Å²) in [4.78, 5) is 0. The Hall–Kier alpha value is -0.0800. The zero-order chi connectivity index (χ0) is 16.6. The predicted molar refractivity (Wildman–Crippen MR) is 92.1 cm³/mol. The Balaban J connectivity index is -0.000000231. The Kier molecular flexibility index (Phi) is 23.6. The number of rotatable bonds is 3. The van der Waals surface area contributed by atoms with Gasteiger partial charge in [0.2, 0.25) is 0 Å². The van der Waals surface area contributed by atoms with Crippen molar-refractivity contribution in [2.45, 2.75) is 106 Å². The van der Waals surface area contributed by atoms with Crippen molar-refractivity contribution in [1.29, 1.82) is 0 Å². The van der Waals surface area contributed by atoms with Crippen LogP contribution in [0.5, 0.6) is 0 Å². The Bertz CT molecular complexity index is 139. The summed E-state index contributed by atoms with van der Waals surface area (Å²) in [6.45, 7) is 16.4. The topological polar surface area (TPSA) is 40.5 Å². The van der Waals surface area contributed by atoms with E-state index in [4.69, 9.17) is 10.2 Å². The zero-order valence-corrected chi connectivity index (χ0v) is 15.4. The monoisotopic (exact) mass is 290 g/mol. The molecular formula is C18H42O2. The van der Waals surface area contributed by atoms with Crippen molar-refractivity contribution in [1.82, 2.24) is 0 Å². The second kappa shape index (κ2) is 18.9. The molecule has 3 atom stereocenters. The van der Waals surface area contributed by atoms with E-state index < -0.39 is 0 Å². The Labute approximate surface area is 129 Å². The fourth-order valence-electron chi connectivity index (χ4n) is 1.98. The molecule has 0 radical (unpaired) electrons. The molecule has 1 rings (SSSR count). The summed E-state index contributed by atoms with van der Waals surface area (Å²) in [5.41, 5.74) is 0. The molecule has 0 aromatic heterocycles. The van der Waals surface area contributed by atoms with E-state index in [1.807, 2.05) is 34.6 Å². The molecule has 126 valence electrons. The van der Waals surface area contributed by atoms with Gasteiger partial charge in [0.1, 0.15) is 0 Å². The van der Waals surface area contributed by atoms with E-state index in [2.05, 4.69) is 20.8 Å².